The van der Waals surface area contributed by atoms with Crippen LogP contribution in [-0.2, 0) is 40.9 Å². The summed E-state index contributed by atoms with van der Waals surface area (Å²) in [5.74, 6) is -0.748. The van der Waals surface area contributed by atoms with Crippen molar-refractivity contribution < 1.29 is 23.5 Å². The molecule has 0 fully saturated rings. The fourth-order valence-electron chi connectivity index (χ4n) is 2.73. The van der Waals surface area contributed by atoms with Gasteiger partial charge in [0.25, 0.3) is 0 Å². The number of hydrogen-bond donors (Lipinski definition) is 1. The van der Waals surface area contributed by atoms with Crippen molar-refractivity contribution in [2.24, 2.45) is 14.1 Å². The Morgan fingerprint density at radius 1 is 1.06 bits per heavy atom. The molecule has 1 N–H and O–H groups in total. The number of nitrogens with zero attached hydrogens (tertiary/aromatic N) is 6. The summed E-state index contributed by atoms with van der Waals surface area (Å²) in [5.41, 5.74) is 0.657. The standard InChI is InChI=1S/C16H26N7O7P/c1-5-6-7-12(2)19-31(28,29-10-13-8-17-15(20(13)3)22(24)25)30-11-14-9-18-16(21(14)4)23(26)27/h8-9,12H,5-7,10-11H2,1-4H3,(H,19,28)/t12-/m1/s1. The molecule has 0 radical (unpaired) electrons. The first-order valence-corrected chi connectivity index (χ1v) is 11.1. The Morgan fingerprint density at radius 3 is 1.87 bits per heavy atom. The molecule has 31 heavy (non-hydrogen) atoms. The zero-order chi connectivity index (χ0) is 23.2. The SMILES string of the molecule is CCCC[C@@H](C)NP(=O)(OCc1cnc([N+](=O)[O-])n1C)OCc1cnc([N+](=O)[O-])n1C. The molecule has 0 aromatic carbocycles. The molecule has 172 valence electrons. The van der Waals surface area contributed by atoms with Gasteiger partial charge in [-0.2, -0.15) is 0 Å². The lowest BCUT2D eigenvalue weighted by atomic mass is 10.2. The average Bonchev–Trinajstić information content (AvgIpc) is 3.25. The number of hydrogen-bond acceptors (Lipinski definition) is 9. The monoisotopic (exact) mass is 459 g/mol. The van der Waals surface area contributed by atoms with Crippen molar-refractivity contribution in [1.29, 1.82) is 0 Å². The van der Waals surface area contributed by atoms with Crippen molar-refractivity contribution in [3.63, 3.8) is 0 Å². The molecule has 14 nitrogen and oxygen atoms in total. The third-order valence-electron chi connectivity index (χ3n) is 4.58. The molecule has 2 aromatic heterocycles. The van der Waals surface area contributed by atoms with Crippen LogP contribution in [0.15, 0.2) is 12.4 Å². The van der Waals surface area contributed by atoms with E-state index in [0.29, 0.717) is 11.4 Å². The predicted molar refractivity (Wildman–Crippen MR) is 109 cm³/mol. The Kier molecular flexibility index (Phi) is 8.39. The van der Waals surface area contributed by atoms with Crippen LogP contribution in [0.2, 0.25) is 0 Å². The fraction of sp³-hybridized carbons (Fsp3) is 0.625. The van der Waals surface area contributed by atoms with Crippen LogP contribution in [0.4, 0.5) is 11.9 Å². The van der Waals surface area contributed by atoms with E-state index in [1.807, 2.05) is 13.8 Å². The van der Waals surface area contributed by atoms with Gasteiger partial charge in [-0.05, 0) is 23.2 Å². The minimum Gasteiger partial charge on any atom is -0.390 e. The van der Waals surface area contributed by atoms with Crippen LogP contribution in [0.1, 0.15) is 44.5 Å². The van der Waals surface area contributed by atoms with E-state index in [4.69, 9.17) is 9.05 Å². The van der Waals surface area contributed by atoms with E-state index in [1.54, 1.807) is 0 Å². The van der Waals surface area contributed by atoms with Gasteiger partial charge in [0.15, 0.2) is 0 Å². The molecule has 0 bridgehead atoms. The Morgan fingerprint density at radius 2 is 1.52 bits per heavy atom. The molecule has 0 aliphatic heterocycles. The molecule has 2 aromatic rings. The van der Waals surface area contributed by atoms with Gasteiger partial charge < -0.3 is 20.2 Å². The number of nitrogens with one attached hydrogen (secondary N) is 1. The molecule has 15 heteroatoms. The lowest BCUT2D eigenvalue weighted by Crippen LogP contribution is -2.25. The van der Waals surface area contributed by atoms with Crippen LogP contribution in [0.3, 0.4) is 0 Å². The second-order valence-corrected chi connectivity index (χ2v) is 8.72. The Balaban J connectivity index is 2.15. The molecule has 0 saturated heterocycles. The third-order valence-corrected chi connectivity index (χ3v) is 6.28. The van der Waals surface area contributed by atoms with Gasteiger partial charge in [0, 0.05) is 6.04 Å². The van der Waals surface area contributed by atoms with Crippen molar-refractivity contribution in [3.8, 4) is 0 Å². The largest absolute Gasteiger partial charge is 0.434 e. The van der Waals surface area contributed by atoms with E-state index in [1.165, 1.54) is 35.6 Å². The highest BCUT2D eigenvalue weighted by molar-refractivity contribution is 7.51. The Bertz CT molecular complexity index is 907. The van der Waals surface area contributed by atoms with Crippen molar-refractivity contribution >= 4 is 19.6 Å². The lowest BCUT2D eigenvalue weighted by molar-refractivity contribution is -0.396. The fourth-order valence-corrected chi connectivity index (χ4v) is 4.23. The highest BCUT2D eigenvalue weighted by Crippen LogP contribution is 2.46. The van der Waals surface area contributed by atoms with E-state index in [-0.39, 0.29) is 31.2 Å². The average molecular weight is 459 g/mol. The van der Waals surface area contributed by atoms with Crippen LogP contribution in [0.25, 0.3) is 0 Å². The summed E-state index contributed by atoms with van der Waals surface area (Å²) in [6.07, 6.45) is 5.09. The highest BCUT2D eigenvalue weighted by Gasteiger charge is 2.30. The summed E-state index contributed by atoms with van der Waals surface area (Å²) >= 11 is 0. The van der Waals surface area contributed by atoms with Crippen LogP contribution >= 0.6 is 7.75 Å². The number of imidazole rings is 2. The first-order chi connectivity index (χ1) is 14.6. The van der Waals surface area contributed by atoms with Crippen LogP contribution < -0.4 is 5.09 Å². The first-order valence-electron chi connectivity index (χ1n) is 9.54. The molecule has 0 aliphatic carbocycles. The molecule has 0 amide bonds. The van der Waals surface area contributed by atoms with Gasteiger partial charge >= 0.3 is 19.6 Å². The summed E-state index contributed by atoms with van der Waals surface area (Å²) in [7, 11) is -0.995. The van der Waals surface area contributed by atoms with Gasteiger partial charge in [0.1, 0.15) is 37.0 Å². The van der Waals surface area contributed by atoms with Gasteiger partial charge in [-0.15, -0.1) is 0 Å². The molecule has 0 unspecified atom stereocenters. The van der Waals surface area contributed by atoms with Crippen molar-refractivity contribution in [1.82, 2.24) is 24.2 Å². The molecule has 0 spiro atoms. The Labute approximate surface area is 178 Å². The number of aromatic nitrogens is 4. The quantitative estimate of drug-likeness (QED) is 0.267. The second-order valence-electron chi connectivity index (χ2n) is 6.95. The normalized spacial score (nSPS) is 12.8. The van der Waals surface area contributed by atoms with Crippen molar-refractivity contribution in [2.75, 3.05) is 0 Å². The van der Waals surface area contributed by atoms with Crippen molar-refractivity contribution in [3.05, 3.63) is 44.0 Å². The number of unbranched alkanes of at least 4 members (excludes halogenated alkanes) is 1. The van der Waals surface area contributed by atoms with E-state index in [2.05, 4.69) is 15.1 Å². The van der Waals surface area contributed by atoms with Gasteiger partial charge in [-0.1, -0.05) is 29.7 Å². The topological polar surface area (TPSA) is 169 Å². The maximum absolute atomic E-state index is 13.4. The molecule has 2 heterocycles. The first kappa shape index (κ1) is 24.6. The smallest absolute Gasteiger partial charge is 0.390 e. The van der Waals surface area contributed by atoms with Crippen LogP contribution in [-0.4, -0.2) is 35.0 Å². The van der Waals surface area contributed by atoms with Crippen LogP contribution in [0, 0.1) is 20.2 Å². The van der Waals surface area contributed by atoms with Crippen molar-refractivity contribution in [2.45, 2.75) is 52.4 Å². The lowest BCUT2D eigenvalue weighted by Gasteiger charge is -2.22. The number of nitro groups is 2. The van der Waals surface area contributed by atoms with E-state index < -0.39 is 17.6 Å². The molecule has 1 atom stereocenters. The summed E-state index contributed by atoms with van der Waals surface area (Å²) in [6.45, 7) is 3.35. The van der Waals surface area contributed by atoms with Gasteiger partial charge in [-0.3, -0.25) is 9.05 Å². The molecule has 0 saturated carbocycles. The van der Waals surface area contributed by atoms with E-state index in [0.717, 1.165) is 19.3 Å². The predicted octanol–water partition coefficient (Wildman–Crippen LogP) is 2.98. The maximum Gasteiger partial charge on any atom is 0.434 e. The molecule has 2 rings (SSSR count). The summed E-state index contributed by atoms with van der Waals surface area (Å²) in [6, 6.07) is -0.201. The zero-order valence-corrected chi connectivity index (χ0v) is 18.7. The Hall–Kier alpha value is -2.67. The molecular weight excluding hydrogens is 433 g/mol. The van der Waals surface area contributed by atoms with Gasteiger partial charge in [0.2, 0.25) is 0 Å². The number of rotatable bonds is 13. The van der Waals surface area contributed by atoms with E-state index in [9.17, 15) is 24.8 Å². The summed E-state index contributed by atoms with van der Waals surface area (Å²) < 4.78 is 26.9. The summed E-state index contributed by atoms with van der Waals surface area (Å²) in [5, 5.41) is 24.8. The maximum atomic E-state index is 13.4. The summed E-state index contributed by atoms with van der Waals surface area (Å²) in [4.78, 5) is 28.0. The van der Waals surface area contributed by atoms with Gasteiger partial charge in [0.05, 0.1) is 14.1 Å². The zero-order valence-electron chi connectivity index (χ0n) is 17.8. The molecule has 0 aliphatic rings. The molecular formula is C16H26N7O7P. The minimum absolute atomic E-state index is 0.201. The van der Waals surface area contributed by atoms with Gasteiger partial charge in [-0.25, -0.2) is 18.8 Å². The third kappa shape index (κ3) is 6.40. The second kappa shape index (κ2) is 10.6. The van der Waals surface area contributed by atoms with E-state index >= 15 is 0 Å². The highest BCUT2D eigenvalue weighted by atomic mass is 31.2. The minimum atomic E-state index is -3.89. The van der Waals surface area contributed by atoms with Crippen LogP contribution in [0.5, 0.6) is 0 Å².